The predicted molar refractivity (Wildman–Crippen MR) is 194 cm³/mol. The molecule has 1 atom stereocenters. The van der Waals surface area contributed by atoms with Crippen LogP contribution in [0.2, 0.25) is 0 Å². The maximum Gasteiger partial charge on any atom is 0.407 e. The molecule has 2 aliphatic carbocycles. The number of halogens is 3. The average Bonchev–Trinajstić information content (AvgIpc) is 3.52. The van der Waals surface area contributed by atoms with Crippen LogP contribution in [0.25, 0.3) is 22.0 Å². The summed E-state index contributed by atoms with van der Waals surface area (Å²) in [6.07, 6.45) is 4.06. The number of carbonyl (C=O) groups excluding carboxylic acids is 1. The third kappa shape index (κ3) is 7.79. The molecule has 53 heavy (non-hydrogen) atoms. The molecule has 276 valence electrons. The minimum absolute atomic E-state index is 0.00960. The maximum absolute atomic E-state index is 16.1. The van der Waals surface area contributed by atoms with Gasteiger partial charge in [0.05, 0.1) is 27.8 Å². The lowest BCUT2D eigenvalue weighted by Crippen LogP contribution is -2.40. The van der Waals surface area contributed by atoms with Crippen molar-refractivity contribution in [3.8, 4) is 11.1 Å². The molecule has 1 aromatic heterocycles. The summed E-state index contributed by atoms with van der Waals surface area (Å²) in [6.45, 7) is 2.09. The topological polar surface area (TPSA) is 143 Å². The van der Waals surface area contributed by atoms with E-state index in [4.69, 9.17) is 9.72 Å². The maximum atomic E-state index is 16.1. The number of aryl methyl sites for hydroxylation is 1. The van der Waals surface area contributed by atoms with Gasteiger partial charge >= 0.3 is 6.09 Å². The van der Waals surface area contributed by atoms with Gasteiger partial charge in [-0.1, -0.05) is 37.3 Å². The van der Waals surface area contributed by atoms with Gasteiger partial charge in [-0.2, -0.15) is 0 Å². The summed E-state index contributed by atoms with van der Waals surface area (Å²) >= 11 is 0. The number of aliphatic hydroxyl groups excluding tert-OH is 1. The first kappa shape index (κ1) is 36.2. The molecule has 1 fully saturated rings. The van der Waals surface area contributed by atoms with Gasteiger partial charge in [-0.3, -0.25) is 4.72 Å². The van der Waals surface area contributed by atoms with E-state index < -0.39 is 55.8 Å². The summed E-state index contributed by atoms with van der Waals surface area (Å²) in [5, 5.41) is 17.1. The Hall–Kier alpha value is -5.21. The minimum Gasteiger partial charge on any atom is -0.445 e. The van der Waals surface area contributed by atoms with E-state index in [1.807, 2.05) is 37.3 Å². The fraction of sp³-hybridized carbons (Fsp3) is 0.308. The van der Waals surface area contributed by atoms with Crippen LogP contribution < -0.4 is 15.4 Å². The van der Waals surface area contributed by atoms with Crippen LogP contribution in [-0.4, -0.2) is 41.7 Å². The molecule has 1 unspecified atom stereocenters. The quantitative estimate of drug-likeness (QED) is 0.114. The highest BCUT2D eigenvalue weighted by Gasteiger charge is 2.31. The lowest BCUT2D eigenvalue weighted by Gasteiger charge is -2.29. The average molecular weight is 746 g/mol. The molecule has 10 nitrogen and oxygen atoms in total. The number of amides is 1. The number of alkyl carbamates (subject to hydrolysis) is 1. The van der Waals surface area contributed by atoms with Crippen molar-refractivity contribution in [3.63, 3.8) is 0 Å². The van der Waals surface area contributed by atoms with Crippen molar-refractivity contribution >= 4 is 38.7 Å². The summed E-state index contributed by atoms with van der Waals surface area (Å²) < 4.78 is 80.2. The number of nitrogens with one attached hydrogen (secondary N) is 3. The molecule has 1 amide bonds. The van der Waals surface area contributed by atoms with Crippen molar-refractivity contribution in [2.24, 2.45) is 0 Å². The monoisotopic (exact) mass is 745 g/mol. The van der Waals surface area contributed by atoms with Gasteiger partial charge in [0.15, 0.2) is 5.82 Å². The molecule has 0 spiro atoms. The first-order valence-electron chi connectivity index (χ1n) is 17.5. The van der Waals surface area contributed by atoms with Gasteiger partial charge in [-0.05, 0) is 109 Å². The molecule has 0 aliphatic heterocycles. The second kappa shape index (κ2) is 15.0. The molecule has 0 radical (unpaired) electrons. The van der Waals surface area contributed by atoms with Crippen molar-refractivity contribution in [2.45, 2.75) is 81.6 Å². The van der Waals surface area contributed by atoms with Gasteiger partial charge in [0.1, 0.15) is 18.2 Å². The Balaban J connectivity index is 1.05. The third-order valence-corrected chi connectivity index (χ3v) is 11.3. The zero-order valence-electron chi connectivity index (χ0n) is 28.8. The SMILES string of the molecule is CCc1cc(-c2c(F)ccc(NS(=O)(=O)c3cc(F)cc4c3CCC4O)c2F)cc2cnc(NC3CCC(NC(=O)OCc4ccccc4)CC3)nc12. The fourth-order valence-electron chi connectivity index (χ4n) is 7.17. The Morgan fingerprint density at radius 2 is 1.72 bits per heavy atom. The molecule has 7 rings (SSSR count). The highest BCUT2D eigenvalue weighted by atomic mass is 32.2. The van der Waals surface area contributed by atoms with Crippen molar-refractivity contribution in [3.05, 3.63) is 113 Å². The van der Waals surface area contributed by atoms with Gasteiger partial charge in [0.25, 0.3) is 10.0 Å². The number of rotatable bonds is 10. The summed E-state index contributed by atoms with van der Waals surface area (Å²) in [5.41, 5.74) is 1.85. The highest BCUT2D eigenvalue weighted by Crippen LogP contribution is 2.38. The van der Waals surface area contributed by atoms with E-state index in [1.165, 1.54) is 0 Å². The number of hydrogen-bond acceptors (Lipinski definition) is 8. The first-order chi connectivity index (χ1) is 25.5. The standard InChI is InChI=1S/C39H38F3N5O5S/c1-2-23-16-24(35-31(41)13-14-32(36(35)42)47-53(50,51)34-19-26(40)18-30-29(34)12-15-33(30)48)17-25-20-43-38(46-37(23)25)44-27-8-10-28(11-9-27)45-39(49)52-21-22-6-4-3-5-7-22/h3-7,13-14,16-20,27-28,33,47-48H,2,8-12,15,21H2,1H3,(H,45,49)(H,43,44,46). The van der Waals surface area contributed by atoms with Crippen LogP contribution in [0.5, 0.6) is 0 Å². The molecule has 4 N–H and O–H groups in total. The molecule has 1 heterocycles. The Morgan fingerprint density at radius 3 is 2.47 bits per heavy atom. The number of benzene rings is 4. The molecular weight excluding hydrogens is 708 g/mol. The summed E-state index contributed by atoms with van der Waals surface area (Å²) in [5.74, 6) is -2.50. The van der Waals surface area contributed by atoms with E-state index in [-0.39, 0.29) is 48.2 Å². The second-order valence-electron chi connectivity index (χ2n) is 13.4. The van der Waals surface area contributed by atoms with Crippen LogP contribution in [0, 0.1) is 17.5 Å². The minimum atomic E-state index is -4.52. The fourth-order valence-corrected chi connectivity index (χ4v) is 8.54. The van der Waals surface area contributed by atoms with E-state index in [1.54, 1.807) is 18.3 Å². The molecule has 4 aromatic carbocycles. The Labute approximate surface area is 304 Å². The van der Waals surface area contributed by atoms with Crippen LogP contribution in [0.15, 0.2) is 77.8 Å². The number of aromatic nitrogens is 2. The second-order valence-corrected chi connectivity index (χ2v) is 15.1. The highest BCUT2D eigenvalue weighted by molar-refractivity contribution is 7.92. The van der Waals surface area contributed by atoms with Crippen molar-refractivity contribution in [1.82, 2.24) is 15.3 Å². The van der Waals surface area contributed by atoms with Crippen LogP contribution in [0.3, 0.4) is 0 Å². The van der Waals surface area contributed by atoms with Crippen LogP contribution >= 0.6 is 0 Å². The molecular formula is C39H38F3N5O5S. The zero-order chi connectivity index (χ0) is 37.3. The van der Waals surface area contributed by atoms with E-state index in [2.05, 4.69) is 20.3 Å². The van der Waals surface area contributed by atoms with Gasteiger partial charge in [0, 0.05) is 23.7 Å². The Kier molecular flexibility index (Phi) is 10.3. The van der Waals surface area contributed by atoms with E-state index in [0.717, 1.165) is 55.5 Å². The third-order valence-electron chi connectivity index (χ3n) is 9.89. The number of sulfonamides is 1. The zero-order valence-corrected chi connectivity index (χ0v) is 29.7. The number of ether oxygens (including phenoxy) is 1. The first-order valence-corrected chi connectivity index (χ1v) is 19.0. The molecule has 1 saturated carbocycles. The van der Waals surface area contributed by atoms with Crippen molar-refractivity contribution in [1.29, 1.82) is 0 Å². The smallest absolute Gasteiger partial charge is 0.407 e. The van der Waals surface area contributed by atoms with Crippen LogP contribution in [-0.2, 0) is 34.2 Å². The molecule has 0 bridgehead atoms. The van der Waals surface area contributed by atoms with Crippen molar-refractivity contribution in [2.75, 3.05) is 10.0 Å². The van der Waals surface area contributed by atoms with Gasteiger partial charge in [-0.15, -0.1) is 0 Å². The Bertz CT molecular complexity index is 2290. The van der Waals surface area contributed by atoms with E-state index in [9.17, 15) is 22.7 Å². The van der Waals surface area contributed by atoms with E-state index >= 15 is 8.78 Å². The summed E-state index contributed by atoms with van der Waals surface area (Å²) in [4.78, 5) is 21.1. The summed E-state index contributed by atoms with van der Waals surface area (Å²) in [6, 6.07) is 16.6. The van der Waals surface area contributed by atoms with Crippen LogP contribution in [0.4, 0.5) is 29.6 Å². The molecule has 5 aromatic rings. The molecule has 14 heteroatoms. The van der Waals surface area contributed by atoms with Gasteiger partial charge in [-0.25, -0.2) is 36.4 Å². The van der Waals surface area contributed by atoms with Crippen molar-refractivity contribution < 1.29 is 36.2 Å². The van der Waals surface area contributed by atoms with Crippen LogP contribution in [0.1, 0.15) is 67.4 Å². The number of anilines is 2. The normalized spacial score (nSPS) is 18.4. The lowest BCUT2D eigenvalue weighted by molar-refractivity contribution is 0.132. The van der Waals surface area contributed by atoms with Gasteiger partial charge < -0.3 is 20.5 Å². The number of nitrogens with zero attached hydrogens (tertiary/aromatic N) is 2. The van der Waals surface area contributed by atoms with E-state index in [0.29, 0.717) is 28.8 Å². The number of hydrogen-bond donors (Lipinski definition) is 4. The number of aliphatic hydroxyl groups is 1. The number of fused-ring (bicyclic) bond motifs is 2. The summed E-state index contributed by atoms with van der Waals surface area (Å²) in [7, 11) is -4.52. The predicted octanol–water partition coefficient (Wildman–Crippen LogP) is 7.71. The molecule has 0 saturated heterocycles. The number of carbonyl (C=O) groups is 1. The Morgan fingerprint density at radius 1 is 0.962 bits per heavy atom. The largest absolute Gasteiger partial charge is 0.445 e. The van der Waals surface area contributed by atoms with Gasteiger partial charge in [0.2, 0.25) is 5.95 Å². The molecule has 2 aliphatic rings. The lowest BCUT2D eigenvalue weighted by atomic mass is 9.91.